The van der Waals surface area contributed by atoms with Gasteiger partial charge in [0.1, 0.15) is 0 Å². The lowest BCUT2D eigenvalue weighted by atomic mass is 10.1. The lowest BCUT2D eigenvalue weighted by molar-refractivity contribution is -0.126. The van der Waals surface area contributed by atoms with Crippen molar-refractivity contribution < 1.29 is 4.79 Å². The molecule has 0 rings (SSSR count). The molecule has 0 aromatic rings. The van der Waals surface area contributed by atoms with E-state index in [9.17, 15) is 4.79 Å². The zero-order valence-corrected chi connectivity index (χ0v) is 13.2. The van der Waals surface area contributed by atoms with Gasteiger partial charge in [0.05, 0.1) is 6.04 Å². The van der Waals surface area contributed by atoms with Crippen LogP contribution in [-0.4, -0.2) is 42.5 Å². The van der Waals surface area contributed by atoms with Gasteiger partial charge in [-0.15, -0.1) is 0 Å². The van der Waals surface area contributed by atoms with Gasteiger partial charge < -0.3 is 11.1 Å². The molecule has 0 heterocycles. The molecule has 1 unspecified atom stereocenters. The summed E-state index contributed by atoms with van der Waals surface area (Å²) in [5.74, 6) is 0.136. The first-order valence-electron chi connectivity index (χ1n) is 7.85. The SMILES string of the molecule is CCCCCNC(=O)C(C)N(CCN)C(CC)CC. The number of carbonyl (C=O) groups is 1. The van der Waals surface area contributed by atoms with Crippen molar-refractivity contribution in [1.29, 1.82) is 0 Å². The van der Waals surface area contributed by atoms with E-state index in [0.29, 0.717) is 12.6 Å². The van der Waals surface area contributed by atoms with Crippen LogP contribution in [0.4, 0.5) is 0 Å². The molecule has 4 nitrogen and oxygen atoms in total. The van der Waals surface area contributed by atoms with E-state index in [-0.39, 0.29) is 11.9 Å². The summed E-state index contributed by atoms with van der Waals surface area (Å²) in [4.78, 5) is 14.4. The molecule has 0 aliphatic rings. The van der Waals surface area contributed by atoms with Crippen LogP contribution in [0.15, 0.2) is 0 Å². The van der Waals surface area contributed by atoms with Crippen molar-refractivity contribution in [2.75, 3.05) is 19.6 Å². The summed E-state index contributed by atoms with van der Waals surface area (Å²) >= 11 is 0. The third-order valence-electron chi connectivity index (χ3n) is 3.76. The Morgan fingerprint density at radius 2 is 1.84 bits per heavy atom. The fourth-order valence-corrected chi connectivity index (χ4v) is 2.48. The van der Waals surface area contributed by atoms with Gasteiger partial charge in [0, 0.05) is 25.7 Å². The number of unbranched alkanes of at least 4 members (excludes halogenated alkanes) is 2. The molecule has 0 aromatic heterocycles. The molecule has 114 valence electrons. The summed E-state index contributed by atoms with van der Waals surface area (Å²) in [6, 6.07) is 0.356. The third kappa shape index (κ3) is 6.92. The molecule has 1 atom stereocenters. The van der Waals surface area contributed by atoms with Crippen molar-refractivity contribution in [3.05, 3.63) is 0 Å². The summed E-state index contributed by atoms with van der Waals surface area (Å²) in [7, 11) is 0. The van der Waals surface area contributed by atoms with Crippen molar-refractivity contribution >= 4 is 5.91 Å². The van der Waals surface area contributed by atoms with Gasteiger partial charge in [0.15, 0.2) is 0 Å². The Morgan fingerprint density at radius 3 is 2.32 bits per heavy atom. The first kappa shape index (κ1) is 18.4. The summed E-state index contributed by atoms with van der Waals surface area (Å²) in [5.41, 5.74) is 5.68. The molecule has 0 aromatic carbocycles. The Morgan fingerprint density at radius 1 is 1.21 bits per heavy atom. The van der Waals surface area contributed by atoms with Crippen LogP contribution in [0.5, 0.6) is 0 Å². The lowest BCUT2D eigenvalue weighted by Gasteiger charge is -2.34. The molecule has 4 heteroatoms. The molecule has 19 heavy (non-hydrogen) atoms. The Hall–Kier alpha value is -0.610. The molecule has 0 bridgehead atoms. The molecule has 0 saturated heterocycles. The van der Waals surface area contributed by atoms with Gasteiger partial charge in [-0.2, -0.15) is 0 Å². The quantitative estimate of drug-likeness (QED) is 0.566. The van der Waals surface area contributed by atoms with Crippen molar-refractivity contribution in [3.8, 4) is 0 Å². The van der Waals surface area contributed by atoms with E-state index in [1.165, 1.54) is 12.8 Å². The highest BCUT2D eigenvalue weighted by Crippen LogP contribution is 2.12. The largest absolute Gasteiger partial charge is 0.355 e. The van der Waals surface area contributed by atoms with Crippen LogP contribution in [0.2, 0.25) is 0 Å². The molecule has 0 radical (unpaired) electrons. The first-order chi connectivity index (χ1) is 9.12. The number of nitrogens with zero attached hydrogens (tertiary/aromatic N) is 1. The van der Waals surface area contributed by atoms with E-state index in [1.807, 2.05) is 6.92 Å². The molecular formula is C15H33N3O. The van der Waals surface area contributed by atoms with E-state index in [1.54, 1.807) is 0 Å². The van der Waals surface area contributed by atoms with Crippen molar-refractivity contribution in [1.82, 2.24) is 10.2 Å². The number of rotatable bonds is 11. The number of carbonyl (C=O) groups excluding carboxylic acids is 1. The summed E-state index contributed by atoms with van der Waals surface area (Å²) < 4.78 is 0. The average Bonchev–Trinajstić information content (AvgIpc) is 2.43. The zero-order valence-electron chi connectivity index (χ0n) is 13.2. The van der Waals surface area contributed by atoms with Gasteiger partial charge in [-0.3, -0.25) is 9.69 Å². The third-order valence-corrected chi connectivity index (χ3v) is 3.76. The van der Waals surface area contributed by atoms with Crippen LogP contribution in [0.1, 0.15) is 59.8 Å². The highest BCUT2D eigenvalue weighted by atomic mass is 16.2. The number of hydrogen-bond donors (Lipinski definition) is 2. The number of hydrogen-bond acceptors (Lipinski definition) is 3. The molecule has 0 fully saturated rings. The van der Waals surface area contributed by atoms with Gasteiger partial charge in [0.2, 0.25) is 5.91 Å². The maximum absolute atomic E-state index is 12.2. The van der Waals surface area contributed by atoms with Crippen molar-refractivity contribution in [3.63, 3.8) is 0 Å². The fraction of sp³-hybridized carbons (Fsp3) is 0.933. The highest BCUT2D eigenvalue weighted by Gasteiger charge is 2.25. The lowest BCUT2D eigenvalue weighted by Crippen LogP contribution is -2.51. The molecular weight excluding hydrogens is 238 g/mol. The minimum Gasteiger partial charge on any atom is -0.355 e. The standard InChI is InChI=1S/C15H33N3O/c1-5-8-9-11-17-15(19)13(4)18(12-10-16)14(6-2)7-3/h13-14H,5-12,16H2,1-4H3,(H,17,19). The average molecular weight is 271 g/mol. The Labute approximate surface area is 119 Å². The van der Waals surface area contributed by atoms with Crippen LogP contribution in [-0.2, 0) is 4.79 Å². The van der Waals surface area contributed by atoms with Crippen LogP contribution in [0.3, 0.4) is 0 Å². The highest BCUT2D eigenvalue weighted by molar-refractivity contribution is 5.81. The van der Waals surface area contributed by atoms with Gasteiger partial charge in [-0.05, 0) is 26.2 Å². The Balaban J connectivity index is 4.35. The van der Waals surface area contributed by atoms with Crippen LogP contribution in [0.25, 0.3) is 0 Å². The van der Waals surface area contributed by atoms with Gasteiger partial charge in [0.25, 0.3) is 0 Å². The van der Waals surface area contributed by atoms with Crippen LogP contribution in [0, 0.1) is 0 Å². The Bertz CT molecular complexity index is 229. The summed E-state index contributed by atoms with van der Waals surface area (Å²) in [6.07, 6.45) is 5.54. The second-order valence-electron chi connectivity index (χ2n) is 5.17. The van der Waals surface area contributed by atoms with Gasteiger partial charge in [-0.25, -0.2) is 0 Å². The minimum absolute atomic E-state index is 0.0879. The zero-order chi connectivity index (χ0) is 14.7. The van der Waals surface area contributed by atoms with E-state index >= 15 is 0 Å². The topological polar surface area (TPSA) is 58.4 Å². The van der Waals surface area contributed by atoms with Crippen LogP contribution < -0.4 is 11.1 Å². The van der Waals surface area contributed by atoms with Gasteiger partial charge in [-0.1, -0.05) is 33.6 Å². The first-order valence-corrected chi connectivity index (χ1v) is 7.85. The Kier molecular flexibility index (Phi) is 10.9. The smallest absolute Gasteiger partial charge is 0.237 e. The number of nitrogens with two attached hydrogens (primary N) is 1. The number of amides is 1. The second-order valence-corrected chi connectivity index (χ2v) is 5.17. The van der Waals surface area contributed by atoms with Gasteiger partial charge >= 0.3 is 0 Å². The van der Waals surface area contributed by atoms with E-state index < -0.39 is 0 Å². The summed E-state index contributed by atoms with van der Waals surface area (Å²) in [5, 5.41) is 3.04. The molecule has 0 aliphatic carbocycles. The minimum atomic E-state index is -0.0879. The monoisotopic (exact) mass is 271 g/mol. The molecule has 1 amide bonds. The maximum Gasteiger partial charge on any atom is 0.237 e. The van der Waals surface area contributed by atoms with Crippen molar-refractivity contribution in [2.45, 2.75) is 71.9 Å². The molecule has 0 aliphatic heterocycles. The summed E-state index contributed by atoms with van der Waals surface area (Å²) in [6.45, 7) is 10.7. The van der Waals surface area contributed by atoms with E-state index in [4.69, 9.17) is 5.73 Å². The molecule has 0 saturated carbocycles. The van der Waals surface area contributed by atoms with E-state index in [2.05, 4.69) is 31.0 Å². The molecule has 3 N–H and O–H groups in total. The van der Waals surface area contributed by atoms with Crippen LogP contribution >= 0.6 is 0 Å². The second kappa shape index (κ2) is 11.2. The maximum atomic E-state index is 12.2. The van der Waals surface area contributed by atoms with E-state index in [0.717, 1.165) is 32.4 Å². The predicted molar refractivity (Wildman–Crippen MR) is 82.1 cm³/mol. The molecule has 0 spiro atoms. The predicted octanol–water partition coefficient (Wildman–Crippen LogP) is 2.13. The number of nitrogens with one attached hydrogen (secondary N) is 1. The fourth-order valence-electron chi connectivity index (χ4n) is 2.48. The normalized spacial score (nSPS) is 13.0. The van der Waals surface area contributed by atoms with Crippen molar-refractivity contribution in [2.24, 2.45) is 5.73 Å².